The summed E-state index contributed by atoms with van der Waals surface area (Å²) in [5.41, 5.74) is 0. The highest BCUT2D eigenvalue weighted by molar-refractivity contribution is 4.75. The SMILES string of the molecule is CCC(C)C(O)C1CCOCC1. The molecular weight excluding hydrogens is 152 g/mol. The molecule has 2 atom stereocenters. The van der Waals surface area contributed by atoms with Gasteiger partial charge in [0.15, 0.2) is 0 Å². The van der Waals surface area contributed by atoms with Gasteiger partial charge in [-0.2, -0.15) is 0 Å². The van der Waals surface area contributed by atoms with Crippen LogP contribution in [0.1, 0.15) is 33.1 Å². The van der Waals surface area contributed by atoms with Gasteiger partial charge in [-0.05, 0) is 24.7 Å². The molecule has 0 saturated carbocycles. The lowest BCUT2D eigenvalue weighted by Gasteiger charge is -2.30. The molecule has 0 bridgehead atoms. The predicted molar refractivity (Wildman–Crippen MR) is 49.0 cm³/mol. The monoisotopic (exact) mass is 172 g/mol. The third-order valence-electron chi connectivity index (χ3n) is 2.98. The molecule has 1 aliphatic heterocycles. The van der Waals surface area contributed by atoms with E-state index in [0.29, 0.717) is 11.8 Å². The molecule has 72 valence electrons. The molecular formula is C10H20O2. The molecule has 2 unspecified atom stereocenters. The smallest absolute Gasteiger partial charge is 0.0595 e. The van der Waals surface area contributed by atoms with Gasteiger partial charge in [-0.15, -0.1) is 0 Å². The summed E-state index contributed by atoms with van der Waals surface area (Å²) >= 11 is 0. The maximum Gasteiger partial charge on any atom is 0.0595 e. The van der Waals surface area contributed by atoms with Crippen LogP contribution in [0.15, 0.2) is 0 Å². The number of hydrogen-bond donors (Lipinski definition) is 1. The van der Waals surface area contributed by atoms with Gasteiger partial charge >= 0.3 is 0 Å². The summed E-state index contributed by atoms with van der Waals surface area (Å²) in [6, 6.07) is 0. The number of hydrogen-bond acceptors (Lipinski definition) is 2. The minimum atomic E-state index is -0.112. The molecule has 1 fully saturated rings. The zero-order chi connectivity index (χ0) is 8.97. The van der Waals surface area contributed by atoms with E-state index in [1.54, 1.807) is 0 Å². The first-order valence-electron chi connectivity index (χ1n) is 5.01. The Kier molecular flexibility index (Phi) is 4.02. The van der Waals surface area contributed by atoms with E-state index in [1.165, 1.54) is 0 Å². The van der Waals surface area contributed by atoms with Crippen molar-refractivity contribution in [2.45, 2.75) is 39.2 Å². The average molecular weight is 172 g/mol. The summed E-state index contributed by atoms with van der Waals surface area (Å²) in [4.78, 5) is 0. The summed E-state index contributed by atoms with van der Waals surface area (Å²) < 4.78 is 5.25. The molecule has 0 aromatic rings. The number of rotatable bonds is 3. The first-order valence-corrected chi connectivity index (χ1v) is 5.01. The Morgan fingerprint density at radius 3 is 2.50 bits per heavy atom. The van der Waals surface area contributed by atoms with Crippen LogP contribution in [0.25, 0.3) is 0 Å². The topological polar surface area (TPSA) is 29.5 Å². The molecule has 2 heteroatoms. The molecule has 0 amide bonds. The third kappa shape index (κ3) is 2.46. The molecule has 1 heterocycles. The van der Waals surface area contributed by atoms with Gasteiger partial charge in [-0.1, -0.05) is 20.3 Å². The average Bonchev–Trinajstić information content (AvgIpc) is 2.17. The molecule has 0 aromatic carbocycles. The minimum Gasteiger partial charge on any atom is -0.393 e. The fourth-order valence-electron chi connectivity index (χ4n) is 1.76. The largest absolute Gasteiger partial charge is 0.393 e. The van der Waals surface area contributed by atoms with Crippen LogP contribution < -0.4 is 0 Å². The van der Waals surface area contributed by atoms with Gasteiger partial charge in [0, 0.05) is 13.2 Å². The van der Waals surface area contributed by atoms with Crippen molar-refractivity contribution in [1.82, 2.24) is 0 Å². The van der Waals surface area contributed by atoms with Crippen molar-refractivity contribution in [3.05, 3.63) is 0 Å². The van der Waals surface area contributed by atoms with Gasteiger partial charge in [0.1, 0.15) is 0 Å². The van der Waals surface area contributed by atoms with Gasteiger partial charge < -0.3 is 9.84 Å². The quantitative estimate of drug-likeness (QED) is 0.703. The van der Waals surface area contributed by atoms with Crippen molar-refractivity contribution in [3.8, 4) is 0 Å². The van der Waals surface area contributed by atoms with E-state index in [1.807, 2.05) is 0 Å². The zero-order valence-electron chi connectivity index (χ0n) is 8.12. The summed E-state index contributed by atoms with van der Waals surface area (Å²) in [5, 5.41) is 9.89. The van der Waals surface area contributed by atoms with Gasteiger partial charge in [-0.25, -0.2) is 0 Å². The molecule has 0 radical (unpaired) electrons. The molecule has 1 aliphatic rings. The summed E-state index contributed by atoms with van der Waals surface area (Å²) in [6.07, 6.45) is 3.02. The Hall–Kier alpha value is -0.0800. The second-order valence-electron chi connectivity index (χ2n) is 3.83. The van der Waals surface area contributed by atoms with Crippen molar-refractivity contribution >= 4 is 0 Å². The van der Waals surface area contributed by atoms with E-state index in [2.05, 4.69) is 13.8 Å². The van der Waals surface area contributed by atoms with Crippen LogP contribution in [0.3, 0.4) is 0 Å². The van der Waals surface area contributed by atoms with Crippen LogP contribution >= 0.6 is 0 Å². The highest BCUT2D eigenvalue weighted by Crippen LogP contribution is 2.24. The lowest BCUT2D eigenvalue weighted by molar-refractivity contribution is -0.0145. The maximum absolute atomic E-state index is 9.89. The Morgan fingerprint density at radius 1 is 1.42 bits per heavy atom. The van der Waals surface area contributed by atoms with E-state index >= 15 is 0 Å². The van der Waals surface area contributed by atoms with Crippen molar-refractivity contribution in [2.24, 2.45) is 11.8 Å². The van der Waals surface area contributed by atoms with Crippen LogP contribution in [0.2, 0.25) is 0 Å². The van der Waals surface area contributed by atoms with Gasteiger partial charge in [0.2, 0.25) is 0 Å². The molecule has 0 aromatic heterocycles. The molecule has 1 rings (SSSR count). The first kappa shape index (κ1) is 10.0. The van der Waals surface area contributed by atoms with E-state index in [-0.39, 0.29) is 6.10 Å². The van der Waals surface area contributed by atoms with Crippen molar-refractivity contribution in [1.29, 1.82) is 0 Å². The number of ether oxygens (including phenoxy) is 1. The van der Waals surface area contributed by atoms with Crippen molar-refractivity contribution in [3.63, 3.8) is 0 Å². The predicted octanol–water partition coefficient (Wildman–Crippen LogP) is 1.82. The lowest BCUT2D eigenvalue weighted by atomic mass is 9.85. The molecule has 12 heavy (non-hydrogen) atoms. The Labute approximate surface area is 74.9 Å². The van der Waals surface area contributed by atoms with Crippen molar-refractivity contribution < 1.29 is 9.84 Å². The van der Waals surface area contributed by atoms with Crippen LogP contribution in [-0.4, -0.2) is 24.4 Å². The number of aliphatic hydroxyl groups is 1. The summed E-state index contributed by atoms with van der Waals surface area (Å²) in [7, 11) is 0. The first-order chi connectivity index (χ1) is 5.75. The molecule has 1 saturated heterocycles. The highest BCUT2D eigenvalue weighted by atomic mass is 16.5. The fraction of sp³-hybridized carbons (Fsp3) is 1.00. The fourth-order valence-corrected chi connectivity index (χ4v) is 1.76. The molecule has 2 nitrogen and oxygen atoms in total. The van der Waals surface area contributed by atoms with Crippen LogP contribution in [-0.2, 0) is 4.74 Å². The number of aliphatic hydroxyl groups excluding tert-OH is 1. The van der Waals surface area contributed by atoms with Gasteiger partial charge in [-0.3, -0.25) is 0 Å². The maximum atomic E-state index is 9.89. The molecule has 0 aliphatic carbocycles. The Morgan fingerprint density at radius 2 is 2.00 bits per heavy atom. The summed E-state index contributed by atoms with van der Waals surface area (Å²) in [5.74, 6) is 0.918. The third-order valence-corrected chi connectivity index (χ3v) is 2.98. The van der Waals surface area contributed by atoms with Gasteiger partial charge in [0.25, 0.3) is 0 Å². The molecule has 0 spiro atoms. The Bertz CT molecular complexity index is 119. The Balaban J connectivity index is 2.33. The summed E-state index contributed by atoms with van der Waals surface area (Å²) in [6.45, 7) is 5.92. The van der Waals surface area contributed by atoms with Crippen LogP contribution in [0.4, 0.5) is 0 Å². The van der Waals surface area contributed by atoms with E-state index < -0.39 is 0 Å². The second-order valence-corrected chi connectivity index (χ2v) is 3.83. The standard InChI is InChI=1S/C10H20O2/c1-3-8(2)10(11)9-4-6-12-7-5-9/h8-11H,3-7H2,1-2H3. The lowest BCUT2D eigenvalue weighted by Crippen LogP contribution is -2.31. The van der Waals surface area contributed by atoms with Crippen LogP contribution in [0, 0.1) is 11.8 Å². The minimum absolute atomic E-state index is 0.112. The van der Waals surface area contributed by atoms with E-state index in [0.717, 1.165) is 32.5 Å². The molecule has 1 N–H and O–H groups in total. The van der Waals surface area contributed by atoms with E-state index in [4.69, 9.17) is 4.74 Å². The van der Waals surface area contributed by atoms with Crippen LogP contribution in [0.5, 0.6) is 0 Å². The van der Waals surface area contributed by atoms with Gasteiger partial charge in [0.05, 0.1) is 6.10 Å². The highest BCUT2D eigenvalue weighted by Gasteiger charge is 2.25. The second kappa shape index (κ2) is 4.83. The normalized spacial score (nSPS) is 25.2. The van der Waals surface area contributed by atoms with E-state index in [9.17, 15) is 5.11 Å². The van der Waals surface area contributed by atoms with Crippen molar-refractivity contribution in [2.75, 3.05) is 13.2 Å². The zero-order valence-corrected chi connectivity index (χ0v) is 8.12.